The van der Waals surface area contributed by atoms with Gasteiger partial charge in [-0.3, -0.25) is 9.59 Å². The smallest absolute Gasteiger partial charge is 0.329 e. The van der Waals surface area contributed by atoms with Gasteiger partial charge in [-0.1, -0.05) is 24.8 Å². The Morgan fingerprint density at radius 1 is 1.03 bits per heavy atom. The second kappa shape index (κ2) is 11.6. The molecule has 0 radical (unpaired) electrons. The predicted molar refractivity (Wildman–Crippen MR) is 126 cm³/mol. The van der Waals surface area contributed by atoms with Gasteiger partial charge >= 0.3 is 11.8 Å². The number of anilines is 1. The molecule has 0 atom stereocenters. The first-order valence-corrected chi connectivity index (χ1v) is 10.5. The molecule has 1 aliphatic heterocycles. The number of ether oxygens (including phenoxy) is 3. The number of methoxy groups -OCH3 is 2. The lowest BCUT2D eigenvalue weighted by Gasteiger charge is -2.36. The minimum absolute atomic E-state index is 0.356. The Morgan fingerprint density at radius 2 is 1.76 bits per heavy atom. The van der Waals surface area contributed by atoms with Crippen LogP contribution < -0.4 is 24.5 Å². The van der Waals surface area contributed by atoms with E-state index in [4.69, 9.17) is 14.2 Å². The van der Waals surface area contributed by atoms with Crippen LogP contribution in [0.2, 0.25) is 0 Å². The molecule has 0 aromatic heterocycles. The zero-order chi connectivity index (χ0) is 23.6. The SMILES string of the molecule is C=CCOc1ccc(/C=N\NC(=O)C(=O)N2CCN(c3ccccc3OC)CC2)cc1OC. The van der Waals surface area contributed by atoms with Gasteiger partial charge in [-0.25, -0.2) is 5.43 Å². The molecule has 0 aliphatic carbocycles. The molecule has 1 fully saturated rings. The van der Waals surface area contributed by atoms with Crippen LogP contribution in [-0.4, -0.2) is 69.9 Å². The zero-order valence-electron chi connectivity index (χ0n) is 18.8. The second-order valence-corrected chi connectivity index (χ2v) is 7.16. The number of rotatable bonds is 8. The predicted octanol–water partition coefficient (Wildman–Crippen LogP) is 2.07. The van der Waals surface area contributed by atoms with E-state index in [0.717, 1.165) is 11.4 Å². The number of benzene rings is 2. The first kappa shape index (κ1) is 23.6. The second-order valence-electron chi connectivity index (χ2n) is 7.16. The fourth-order valence-corrected chi connectivity index (χ4v) is 3.43. The van der Waals surface area contributed by atoms with Crippen LogP contribution in [0.3, 0.4) is 0 Å². The number of carbonyl (C=O) groups is 2. The van der Waals surface area contributed by atoms with Crippen LogP contribution >= 0.6 is 0 Å². The number of amides is 2. The molecule has 0 saturated carbocycles. The summed E-state index contributed by atoms with van der Waals surface area (Å²) >= 11 is 0. The number of nitrogens with one attached hydrogen (secondary N) is 1. The van der Waals surface area contributed by atoms with Crippen LogP contribution in [0.25, 0.3) is 0 Å². The van der Waals surface area contributed by atoms with Gasteiger partial charge < -0.3 is 24.0 Å². The van der Waals surface area contributed by atoms with Crippen molar-refractivity contribution in [2.45, 2.75) is 0 Å². The monoisotopic (exact) mass is 452 g/mol. The van der Waals surface area contributed by atoms with Gasteiger partial charge in [0.2, 0.25) is 0 Å². The highest BCUT2D eigenvalue weighted by Gasteiger charge is 2.26. The largest absolute Gasteiger partial charge is 0.495 e. The molecule has 2 aromatic carbocycles. The molecule has 3 rings (SSSR count). The zero-order valence-corrected chi connectivity index (χ0v) is 18.8. The van der Waals surface area contributed by atoms with Gasteiger partial charge in [0, 0.05) is 26.2 Å². The van der Waals surface area contributed by atoms with Gasteiger partial charge in [0.25, 0.3) is 0 Å². The third-order valence-electron chi connectivity index (χ3n) is 5.11. The highest BCUT2D eigenvalue weighted by atomic mass is 16.5. The molecule has 2 aromatic rings. The summed E-state index contributed by atoms with van der Waals surface area (Å²) in [5.41, 5.74) is 3.94. The Bertz CT molecular complexity index is 1020. The molecule has 0 unspecified atom stereocenters. The van der Waals surface area contributed by atoms with Crippen molar-refractivity contribution < 1.29 is 23.8 Å². The number of carbonyl (C=O) groups excluding carboxylic acids is 2. The van der Waals surface area contributed by atoms with Crippen LogP contribution in [0, 0.1) is 0 Å². The quantitative estimate of drug-likeness (QED) is 0.285. The fourth-order valence-electron chi connectivity index (χ4n) is 3.43. The van der Waals surface area contributed by atoms with Gasteiger partial charge in [-0.2, -0.15) is 5.10 Å². The van der Waals surface area contributed by atoms with E-state index >= 15 is 0 Å². The molecule has 9 heteroatoms. The summed E-state index contributed by atoms with van der Waals surface area (Å²) in [6.07, 6.45) is 3.07. The highest BCUT2D eigenvalue weighted by molar-refractivity contribution is 6.35. The van der Waals surface area contributed by atoms with Crippen molar-refractivity contribution in [1.29, 1.82) is 0 Å². The number of hydrogen-bond acceptors (Lipinski definition) is 7. The Hall–Kier alpha value is -4.01. The van der Waals surface area contributed by atoms with Crippen molar-refractivity contribution in [3.05, 3.63) is 60.7 Å². The average molecular weight is 453 g/mol. The topological polar surface area (TPSA) is 92.7 Å². The first-order chi connectivity index (χ1) is 16.1. The van der Waals surface area contributed by atoms with Crippen molar-refractivity contribution in [1.82, 2.24) is 10.3 Å². The average Bonchev–Trinajstić information content (AvgIpc) is 2.87. The lowest BCUT2D eigenvalue weighted by molar-refractivity contribution is -0.146. The fraction of sp³-hybridized carbons (Fsp3) is 0.292. The summed E-state index contributed by atoms with van der Waals surface area (Å²) in [5, 5.41) is 3.90. The van der Waals surface area contributed by atoms with Crippen molar-refractivity contribution in [3.8, 4) is 17.2 Å². The van der Waals surface area contributed by atoms with Crippen LogP contribution in [-0.2, 0) is 9.59 Å². The van der Waals surface area contributed by atoms with Crippen LogP contribution in [0.4, 0.5) is 5.69 Å². The van der Waals surface area contributed by atoms with Crippen molar-refractivity contribution >= 4 is 23.7 Å². The van der Waals surface area contributed by atoms with Gasteiger partial charge in [-0.05, 0) is 35.9 Å². The molecular weight excluding hydrogens is 424 g/mol. The van der Waals surface area contributed by atoms with Crippen molar-refractivity contribution in [2.75, 3.05) is 51.9 Å². The molecule has 1 heterocycles. The van der Waals surface area contributed by atoms with Crippen LogP contribution in [0.15, 0.2) is 60.2 Å². The van der Waals surface area contributed by atoms with Crippen LogP contribution in [0.1, 0.15) is 5.56 Å². The summed E-state index contributed by atoms with van der Waals surface area (Å²) in [4.78, 5) is 28.4. The number of hydrogen-bond donors (Lipinski definition) is 1. The standard InChI is InChI=1S/C24H28N4O5/c1-4-15-33-21-10-9-18(16-22(21)32-3)17-25-26-23(29)24(30)28-13-11-27(12-14-28)19-7-5-6-8-20(19)31-2/h4-10,16-17H,1,11-15H2,2-3H3,(H,26,29)/b25-17-. The van der Waals surface area contributed by atoms with Gasteiger partial charge in [0.1, 0.15) is 12.4 Å². The molecule has 0 spiro atoms. The van der Waals surface area contributed by atoms with Crippen molar-refractivity contribution in [2.24, 2.45) is 5.10 Å². The molecule has 2 amide bonds. The number of piperazine rings is 1. The number of para-hydroxylation sites is 2. The molecule has 1 saturated heterocycles. The summed E-state index contributed by atoms with van der Waals surface area (Å²) < 4.78 is 16.2. The highest BCUT2D eigenvalue weighted by Crippen LogP contribution is 2.29. The van der Waals surface area contributed by atoms with Gasteiger partial charge in [0.15, 0.2) is 11.5 Å². The summed E-state index contributed by atoms with van der Waals surface area (Å²) in [5.74, 6) is 0.478. The lowest BCUT2D eigenvalue weighted by Crippen LogP contribution is -2.52. The molecule has 9 nitrogen and oxygen atoms in total. The maximum atomic E-state index is 12.5. The number of hydrazone groups is 1. The summed E-state index contributed by atoms with van der Waals surface area (Å²) in [6.45, 7) is 6.02. The minimum atomic E-state index is -0.783. The molecule has 174 valence electrons. The molecule has 1 N–H and O–H groups in total. The normalized spacial score (nSPS) is 13.5. The van der Waals surface area contributed by atoms with Crippen LogP contribution in [0.5, 0.6) is 17.2 Å². The van der Waals surface area contributed by atoms with E-state index in [2.05, 4.69) is 22.0 Å². The van der Waals surface area contributed by atoms with Gasteiger partial charge in [-0.15, -0.1) is 0 Å². The minimum Gasteiger partial charge on any atom is -0.495 e. The van der Waals surface area contributed by atoms with E-state index in [0.29, 0.717) is 49.8 Å². The molecular formula is C24H28N4O5. The molecule has 1 aliphatic rings. The van der Waals surface area contributed by atoms with E-state index in [9.17, 15) is 9.59 Å². The van der Waals surface area contributed by atoms with E-state index in [1.54, 1.807) is 31.4 Å². The van der Waals surface area contributed by atoms with E-state index < -0.39 is 11.8 Å². The Labute approximate surface area is 193 Å². The summed E-state index contributed by atoms with van der Waals surface area (Å²) in [7, 11) is 3.16. The lowest BCUT2D eigenvalue weighted by atomic mass is 10.2. The van der Waals surface area contributed by atoms with E-state index in [1.807, 2.05) is 24.3 Å². The third-order valence-corrected chi connectivity index (χ3v) is 5.11. The van der Waals surface area contributed by atoms with E-state index in [1.165, 1.54) is 18.2 Å². The Balaban J connectivity index is 1.52. The molecule has 33 heavy (non-hydrogen) atoms. The first-order valence-electron chi connectivity index (χ1n) is 10.5. The summed E-state index contributed by atoms with van der Waals surface area (Å²) in [6, 6.07) is 12.9. The Kier molecular flexibility index (Phi) is 8.29. The van der Waals surface area contributed by atoms with Gasteiger partial charge in [0.05, 0.1) is 26.1 Å². The number of nitrogens with zero attached hydrogens (tertiary/aromatic N) is 3. The maximum Gasteiger partial charge on any atom is 0.329 e. The maximum absolute atomic E-state index is 12.5. The molecule has 0 bridgehead atoms. The third kappa shape index (κ3) is 6.03. The Morgan fingerprint density at radius 3 is 2.45 bits per heavy atom. The van der Waals surface area contributed by atoms with Crippen molar-refractivity contribution in [3.63, 3.8) is 0 Å². The van der Waals surface area contributed by atoms with E-state index in [-0.39, 0.29) is 0 Å².